The number of rotatable bonds is 2. The minimum Gasteiger partial charge on any atom is -0.477 e. The number of carboxylic acid groups (broad SMARTS) is 1. The lowest BCUT2D eigenvalue weighted by atomic mass is 9.93. The molecule has 112 valence electrons. The monoisotopic (exact) mass is 296 g/mol. The number of benzene rings is 1. The maximum Gasteiger partial charge on any atom is 0.354 e. The zero-order chi connectivity index (χ0) is 15.7. The lowest BCUT2D eigenvalue weighted by Crippen LogP contribution is -2.38. The molecule has 0 bridgehead atoms. The molecule has 5 nitrogen and oxygen atoms in total. The number of carbonyl (C=O) groups excluding carboxylic acids is 1. The van der Waals surface area contributed by atoms with Crippen molar-refractivity contribution >= 4 is 11.9 Å². The highest BCUT2D eigenvalue weighted by molar-refractivity contribution is 5.95. The summed E-state index contributed by atoms with van der Waals surface area (Å²) in [6.07, 6.45) is 2.16. The van der Waals surface area contributed by atoms with Crippen molar-refractivity contribution in [2.24, 2.45) is 0 Å². The van der Waals surface area contributed by atoms with E-state index in [2.05, 4.69) is 11.1 Å². The van der Waals surface area contributed by atoms with Gasteiger partial charge in [-0.15, -0.1) is 0 Å². The fourth-order valence-corrected chi connectivity index (χ4v) is 2.86. The molecule has 5 heteroatoms. The number of aromatic carboxylic acids is 1. The molecule has 1 atom stereocenters. The zero-order valence-electron chi connectivity index (χ0n) is 12.2. The van der Waals surface area contributed by atoms with Crippen LogP contribution >= 0.6 is 0 Å². The van der Waals surface area contributed by atoms with Crippen LogP contribution in [0.1, 0.15) is 44.9 Å². The number of nitrogens with zero attached hydrogens (tertiary/aromatic N) is 2. The number of carboxylic acids is 1. The first-order valence-corrected chi connectivity index (χ1v) is 7.16. The molecular weight excluding hydrogens is 280 g/mol. The van der Waals surface area contributed by atoms with E-state index in [9.17, 15) is 9.59 Å². The van der Waals surface area contributed by atoms with E-state index >= 15 is 0 Å². The minimum atomic E-state index is -1.10. The van der Waals surface area contributed by atoms with E-state index in [1.54, 1.807) is 4.90 Å². The molecule has 0 radical (unpaired) electrons. The van der Waals surface area contributed by atoms with Gasteiger partial charge in [-0.05, 0) is 36.6 Å². The van der Waals surface area contributed by atoms with Crippen LogP contribution in [-0.4, -0.2) is 33.4 Å². The summed E-state index contributed by atoms with van der Waals surface area (Å²) < 4.78 is 0. The molecule has 2 heterocycles. The van der Waals surface area contributed by atoms with Crippen LogP contribution in [-0.2, 0) is 6.42 Å². The molecule has 0 spiro atoms. The van der Waals surface area contributed by atoms with Gasteiger partial charge in [0.1, 0.15) is 5.69 Å². The topological polar surface area (TPSA) is 70.5 Å². The van der Waals surface area contributed by atoms with Gasteiger partial charge in [-0.2, -0.15) is 0 Å². The van der Waals surface area contributed by atoms with Crippen molar-refractivity contribution in [3.63, 3.8) is 0 Å². The van der Waals surface area contributed by atoms with Gasteiger partial charge < -0.3 is 10.0 Å². The van der Waals surface area contributed by atoms with Crippen LogP contribution in [0.4, 0.5) is 0 Å². The van der Waals surface area contributed by atoms with Crippen LogP contribution < -0.4 is 0 Å². The SMILES string of the molecule is C[C@H]1c2ccccc2CCN1C(=O)c1ccc(C(=O)O)nc1. The smallest absolute Gasteiger partial charge is 0.354 e. The normalized spacial score (nSPS) is 17.0. The van der Waals surface area contributed by atoms with Crippen molar-refractivity contribution in [1.29, 1.82) is 0 Å². The molecule has 0 fully saturated rings. The first-order valence-electron chi connectivity index (χ1n) is 7.16. The third-order valence-electron chi connectivity index (χ3n) is 4.09. The summed E-state index contributed by atoms with van der Waals surface area (Å²) in [5, 5.41) is 8.86. The number of carbonyl (C=O) groups is 2. The maximum absolute atomic E-state index is 12.6. The highest BCUT2D eigenvalue weighted by atomic mass is 16.4. The number of hydrogen-bond acceptors (Lipinski definition) is 3. The maximum atomic E-state index is 12.6. The second-order valence-corrected chi connectivity index (χ2v) is 5.36. The summed E-state index contributed by atoms with van der Waals surface area (Å²) in [7, 11) is 0. The molecule has 22 heavy (non-hydrogen) atoms. The van der Waals surface area contributed by atoms with E-state index in [1.165, 1.54) is 23.9 Å². The number of hydrogen-bond donors (Lipinski definition) is 1. The summed E-state index contributed by atoms with van der Waals surface area (Å²) in [4.78, 5) is 29.1. The van der Waals surface area contributed by atoms with Gasteiger partial charge in [0.15, 0.2) is 0 Å². The van der Waals surface area contributed by atoms with Crippen LogP contribution in [0, 0.1) is 0 Å². The first kappa shape index (κ1) is 14.3. The molecular formula is C17H16N2O3. The van der Waals surface area contributed by atoms with Crippen LogP contribution in [0.2, 0.25) is 0 Å². The lowest BCUT2D eigenvalue weighted by Gasteiger charge is -2.35. The Hall–Kier alpha value is -2.69. The van der Waals surface area contributed by atoms with E-state index in [0.29, 0.717) is 12.1 Å². The third kappa shape index (κ3) is 2.45. The summed E-state index contributed by atoms with van der Waals surface area (Å²) in [6.45, 7) is 2.66. The molecule has 3 rings (SSSR count). The lowest BCUT2D eigenvalue weighted by molar-refractivity contribution is 0.0667. The highest BCUT2D eigenvalue weighted by Gasteiger charge is 2.28. The van der Waals surface area contributed by atoms with Gasteiger partial charge in [0, 0.05) is 12.7 Å². The van der Waals surface area contributed by atoms with E-state index in [1.807, 2.05) is 25.1 Å². The fourth-order valence-electron chi connectivity index (χ4n) is 2.86. The van der Waals surface area contributed by atoms with Gasteiger partial charge in [0.25, 0.3) is 5.91 Å². The zero-order valence-corrected chi connectivity index (χ0v) is 12.2. The predicted octanol–water partition coefficient (Wildman–Crippen LogP) is 2.54. The average Bonchev–Trinajstić information content (AvgIpc) is 2.55. The van der Waals surface area contributed by atoms with Crippen molar-refractivity contribution < 1.29 is 14.7 Å². The van der Waals surface area contributed by atoms with Crippen LogP contribution in [0.3, 0.4) is 0 Å². The van der Waals surface area contributed by atoms with Gasteiger partial charge in [-0.3, -0.25) is 4.79 Å². The fraction of sp³-hybridized carbons (Fsp3) is 0.235. The standard InChI is InChI=1S/C17H16N2O3/c1-11-14-5-3-2-4-12(14)8-9-19(11)16(20)13-6-7-15(17(21)22)18-10-13/h2-7,10-11H,8-9H2,1H3,(H,21,22)/t11-/m0/s1. The number of pyridine rings is 1. The van der Waals surface area contributed by atoms with E-state index in [-0.39, 0.29) is 17.6 Å². The Morgan fingerprint density at radius 2 is 2.00 bits per heavy atom. The molecule has 0 unspecified atom stereocenters. The Morgan fingerprint density at radius 3 is 2.68 bits per heavy atom. The predicted molar refractivity (Wildman–Crippen MR) is 80.8 cm³/mol. The van der Waals surface area contributed by atoms with Crippen molar-refractivity contribution in [1.82, 2.24) is 9.88 Å². The van der Waals surface area contributed by atoms with Crippen LogP contribution in [0.5, 0.6) is 0 Å². The van der Waals surface area contributed by atoms with Gasteiger partial charge in [-0.1, -0.05) is 24.3 Å². The molecule has 0 saturated heterocycles. The average molecular weight is 296 g/mol. The van der Waals surface area contributed by atoms with Crippen molar-refractivity contribution in [2.75, 3.05) is 6.54 Å². The Labute approximate surface area is 128 Å². The van der Waals surface area contributed by atoms with Gasteiger partial charge in [-0.25, -0.2) is 9.78 Å². The van der Waals surface area contributed by atoms with Gasteiger partial charge in [0.05, 0.1) is 11.6 Å². The molecule has 1 amide bonds. The van der Waals surface area contributed by atoms with Crippen molar-refractivity contribution in [2.45, 2.75) is 19.4 Å². The molecule has 2 aromatic rings. The summed E-state index contributed by atoms with van der Waals surface area (Å²) >= 11 is 0. The molecule has 1 N–H and O–H groups in total. The minimum absolute atomic E-state index is 0.00315. The first-order chi connectivity index (χ1) is 10.6. The van der Waals surface area contributed by atoms with E-state index < -0.39 is 5.97 Å². The Balaban J connectivity index is 1.85. The Morgan fingerprint density at radius 1 is 1.23 bits per heavy atom. The summed E-state index contributed by atoms with van der Waals surface area (Å²) in [5.41, 5.74) is 2.79. The number of amides is 1. The number of fused-ring (bicyclic) bond motifs is 1. The van der Waals surface area contributed by atoms with Crippen molar-refractivity contribution in [3.8, 4) is 0 Å². The second kappa shape index (κ2) is 5.60. The van der Waals surface area contributed by atoms with E-state index in [4.69, 9.17) is 5.11 Å². The van der Waals surface area contributed by atoms with Crippen LogP contribution in [0.25, 0.3) is 0 Å². The highest BCUT2D eigenvalue weighted by Crippen LogP contribution is 2.30. The quantitative estimate of drug-likeness (QED) is 0.924. The summed E-state index contributed by atoms with van der Waals surface area (Å²) in [6, 6.07) is 11.0. The molecule has 1 aromatic carbocycles. The summed E-state index contributed by atoms with van der Waals surface area (Å²) in [5.74, 6) is -1.22. The molecule has 1 aromatic heterocycles. The van der Waals surface area contributed by atoms with Gasteiger partial charge in [0.2, 0.25) is 0 Å². The van der Waals surface area contributed by atoms with Crippen molar-refractivity contribution in [3.05, 3.63) is 65.0 Å². The van der Waals surface area contributed by atoms with Gasteiger partial charge >= 0.3 is 5.97 Å². The van der Waals surface area contributed by atoms with Crippen LogP contribution in [0.15, 0.2) is 42.6 Å². The molecule has 0 saturated carbocycles. The Kier molecular flexibility index (Phi) is 3.63. The molecule has 1 aliphatic rings. The molecule has 1 aliphatic heterocycles. The Bertz CT molecular complexity index is 725. The number of aromatic nitrogens is 1. The molecule has 0 aliphatic carbocycles. The second-order valence-electron chi connectivity index (χ2n) is 5.36. The largest absolute Gasteiger partial charge is 0.477 e. The third-order valence-corrected chi connectivity index (χ3v) is 4.09. The van der Waals surface area contributed by atoms with E-state index in [0.717, 1.165) is 12.0 Å².